The summed E-state index contributed by atoms with van der Waals surface area (Å²) in [5, 5.41) is 8.88. The molecule has 0 aliphatic carbocycles. The molecular formula is C9H10N2O3. The number of imidazole rings is 1. The summed E-state index contributed by atoms with van der Waals surface area (Å²) in [4.78, 5) is 15.2. The van der Waals surface area contributed by atoms with E-state index >= 15 is 0 Å². The van der Waals surface area contributed by atoms with Crippen LogP contribution >= 0.6 is 0 Å². The molecular weight excluding hydrogens is 184 g/mol. The molecule has 1 aromatic heterocycles. The molecule has 1 aromatic rings. The minimum absolute atomic E-state index is 0.302. The molecule has 0 radical (unpaired) electrons. The largest absolute Gasteiger partial charge is 0.481 e. The first-order valence-electron chi connectivity index (χ1n) is 4.63. The number of ether oxygens (including phenoxy) is 1. The molecule has 0 amide bonds. The van der Waals surface area contributed by atoms with Crippen LogP contribution in [0, 0.1) is 5.92 Å². The quantitative estimate of drug-likeness (QED) is 0.692. The Morgan fingerprint density at radius 1 is 1.57 bits per heavy atom. The minimum Gasteiger partial charge on any atom is -0.481 e. The van der Waals surface area contributed by atoms with Crippen molar-refractivity contribution in [3.8, 4) is 0 Å². The van der Waals surface area contributed by atoms with E-state index in [1.54, 1.807) is 0 Å². The number of rotatable bonds is 1. The van der Waals surface area contributed by atoms with Crippen molar-refractivity contribution in [1.29, 1.82) is 0 Å². The molecule has 0 saturated carbocycles. The lowest BCUT2D eigenvalue weighted by atomic mass is 10.1. The molecule has 0 fully saturated rings. The topological polar surface area (TPSA) is 64.3 Å². The van der Waals surface area contributed by atoms with Crippen molar-refractivity contribution in [2.75, 3.05) is 0 Å². The third-order valence-corrected chi connectivity index (χ3v) is 2.89. The van der Waals surface area contributed by atoms with Crippen LogP contribution in [0.5, 0.6) is 0 Å². The normalized spacial score (nSPS) is 23.6. The lowest BCUT2D eigenvalue weighted by Crippen LogP contribution is -2.15. The smallest absolute Gasteiger partial charge is 0.308 e. The Hall–Kier alpha value is -1.36. The minimum atomic E-state index is -0.733. The van der Waals surface area contributed by atoms with Gasteiger partial charge in [0.1, 0.15) is 5.82 Å². The average molecular weight is 194 g/mol. The van der Waals surface area contributed by atoms with Gasteiger partial charge in [-0.3, -0.25) is 4.79 Å². The SMILES string of the molecule is O=C(O)C1Cc2nc3c(n2C1)COC3. The lowest BCUT2D eigenvalue weighted by molar-refractivity contribution is -0.141. The van der Waals surface area contributed by atoms with Gasteiger partial charge in [-0.1, -0.05) is 0 Å². The Bertz CT molecular complexity index is 410. The van der Waals surface area contributed by atoms with Crippen LogP contribution in [0.25, 0.3) is 0 Å². The fraction of sp³-hybridized carbons (Fsp3) is 0.556. The van der Waals surface area contributed by atoms with Crippen LogP contribution in [0.1, 0.15) is 17.2 Å². The molecule has 14 heavy (non-hydrogen) atoms. The fourth-order valence-corrected chi connectivity index (χ4v) is 2.16. The first-order valence-corrected chi connectivity index (χ1v) is 4.63. The second kappa shape index (κ2) is 2.57. The molecule has 2 aliphatic heterocycles. The third-order valence-electron chi connectivity index (χ3n) is 2.89. The molecule has 3 heterocycles. The van der Waals surface area contributed by atoms with Crippen molar-refractivity contribution in [3.05, 3.63) is 17.2 Å². The number of carboxylic acid groups (broad SMARTS) is 1. The summed E-state index contributed by atoms with van der Waals surface area (Å²) in [5.41, 5.74) is 2.06. The van der Waals surface area contributed by atoms with Gasteiger partial charge in [0.25, 0.3) is 0 Å². The monoisotopic (exact) mass is 194 g/mol. The zero-order valence-corrected chi connectivity index (χ0v) is 7.56. The van der Waals surface area contributed by atoms with Gasteiger partial charge in [0.2, 0.25) is 0 Å². The predicted octanol–water partition coefficient (Wildman–Crippen LogP) is 0.170. The van der Waals surface area contributed by atoms with Gasteiger partial charge in [-0.2, -0.15) is 0 Å². The third kappa shape index (κ3) is 0.928. The van der Waals surface area contributed by atoms with Gasteiger partial charge >= 0.3 is 5.97 Å². The average Bonchev–Trinajstić information content (AvgIpc) is 2.70. The summed E-state index contributed by atoms with van der Waals surface area (Å²) >= 11 is 0. The molecule has 0 bridgehead atoms. The second-order valence-electron chi connectivity index (χ2n) is 3.76. The van der Waals surface area contributed by atoms with E-state index in [1.165, 1.54) is 0 Å². The Balaban J connectivity index is 1.97. The molecule has 3 rings (SSSR count). The molecule has 74 valence electrons. The number of aliphatic carboxylic acids is 1. The van der Waals surface area contributed by atoms with E-state index in [4.69, 9.17) is 9.84 Å². The maximum absolute atomic E-state index is 10.8. The van der Waals surface area contributed by atoms with Crippen LogP contribution in [-0.2, 0) is 35.7 Å². The van der Waals surface area contributed by atoms with Crippen LogP contribution in [-0.4, -0.2) is 20.6 Å². The fourth-order valence-electron chi connectivity index (χ4n) is 2.16. The van der Waals surface area contributed by atoms with Crippen molar-refractivity contribution in [1.82, 2.24) is 9.55 Å². The summed E-state index contributed by atoms with van der Waals surface area (Å²) in [5.74, 6) is -0.128. The van der Waals surface area contributed by atoms with E-state index in [1.807, 2.05) is 4.57 Å². The van der Waals surface area contributed by atoms with Crippen molar-refractivity contribution in [3.63, 3.8) is 0 Å². The Kier molecular flexibility index (Phi) is 1.47. The highest BCUT2D eigenvalue weighted by Gasteiger charge is 2.33. The van der Waals surface area contributed by atoms with Crippen molar-refractivity contribution >= 4 is 5.97 Å². The van der Waals surface area contributed by atoms with E-state index in [0.717, 1.165) is 17.2 Å². The molecule has 0 spiro atoms. The first kappa shape index (κ1) is 7.99. The van der Waals surface area contributed by atoms with Gasteiger partial charge in [-0.05, 0) is 0 Å². The molecule has 1 N–H and O–H groups in total. The van der Waals surface area contributed by atoms with Gasteiger partial charge < -0.3 is 14.4 Å². The van der Waals surface area contributed by atoms with Crippen LogP contribution in [0.3, 0.4) is 0 Å². The van der Waals surface area contributed by atoms with E-state index in [0.29, 0.717) is 26.2 Å². The van der Waals surface area contributed by atoms with Gasteiger partial charge in [-0.15, -0.1) is 0 Å². The maximum atomic E-state index is 10.8. The summed E-state index contributed by atoms with van der Waals surface area (Å²) in [6.45, 7) is 1.71. The summed E-state index contributed by atoms with van der Waals surface area (Å²) in [6.07, 6.45) is 0.558. The maximum Gasteiger partial charge on any atom is 0.308 e. The molecule has 2 aliphatic rings. The van der Waals surface area contributed by atoms with Crippen LogP contribution in [0.2, 0.25) is 0 Å². The van der Waals surface area contributed by atoms with E-state index in [2.05, 4.69) is 4.98 Å². The van der Waals surface area contributed by atoms with Crippen molar-refractivity contribution < 1.29 is 14.6 Å². The van der Waals surface area contributed by atoms with Crippen molar-refractivity contribution in [2.45, 2.75) is 26.2 Å². The molecule has 1 unspecified atom stereocenters. The zero-order valence-electron chi connectivity index (χ0n) is 7.56. The number of carboxylic acids is 1. The van der Waals surface area contributed by atoms with Crippen LogP contribution in [0.4, 0.5) is 0 Å². The van der Waals surface area contributed by atoms with Gasteiger partial charge in [-0.25, -0.2) is 4.98 Å². The molecule has 0 saturated heterocycles. The highest BCUT2D eigenvalue weighted by atomic mass is 16.5. The van der Waals surface area contributed by atoms with Gasteiger partial charge in [0, 0.05) is 13.0 Å². The highest BCUT2D eigenvalue weighted by molar-refractivity contribution is 5.70. The number of carbonyl (C=O) groups is 1. The number of fused-ring (bicyclic) bond motifs is 3. The van der Waals surface area contributed by atoms with Gasteiger partial charge in [0.15, 0.2) is 0 Å². The lowest BCUT2D eigenvalue weighted by Gasteiger charge is -2.03. The molecule has 5 nitrogen and oxygen atoms in total. The standard InChI is InChI=1S/C9H10N2O3/c12-9(13)5-1-8-10-6-3-14-4-7(6)11(8)2-5/h5H,1-4H2,(H,12,13). The van der Waals surface area contributed by atoms with Gasteiger partial charge in [0.05, 0.1) is 30.5 Å². The Labute approximate surface area is 80.3 Å². The second-order valence-corrected chi connectivity index (χ2v) is 3.76. The first-order chi connectivity index (χ1) is 6.75. The number of nitrogens with zero attached hydrogens (tertiary/aromatic N) is 2. The number of aromatic nitrogens is 2. The van der Waals surface area contributed by atoms with Crippen molar-refractivity contribution in [2.24, 2.45) is 5.92 Å². The molecule has 0 aromatic carbocycles. The molecule has 5 heteroatoms. The Morgan fingerprint density at radius 3 is 3.21 bits per heavy atom. The van der Waals surface area contributed by atoms with E-state index in [-0.39, 0.29) is 5.92 Å². The number of hydrogen-bond donors (Lipinski definition) is 1. The summed E-state index contributed by atoms with van der Waals surface area (Å²) in [7, 11) is 0. The van der Waals surface area contributed by atoms with Crippen LogP contribution < -0.4 is 0 Å². The summed E-state index contributed by atoms with van der Waals surface area (Å²) in [6, 6.07) is 0. The zero-order chi connectivity index (χ0) is 9.71. The Morgan fingerprint density at radius 2 is 2.43 bits per heavy atom. The van der Waals surface area contributed by atoms with E-state index in [9.17, 15) is 4.79 Å². The highest BCUT2D eigenvalue weighted by Crippen LogP contribution is 2.28. The molecule has 1 atom stereocenters. The van der Waals surface area contributed by atoms with Crippen LogP contribution in [0.15, 0.2) is 0 Å². The number of hydrogen-bond acceptors (Lipinski definition) is 3. The predicted molar refractivity (Wildman–Crippen MR) is 45.5 cm³/mol. The summed E-state index contributed by atoms with van der Waals surface area (Å²) < 4.78 is 7.25. The van der Waals surface area contributed by atoms with E-state index < -0.39 is 5.97 Å².